The van der Waals surface area contributed by atoms with E-state index < -0.39 is 15.9 Å². The molecule has 3 rings (SSSR count). The zero-order valence-corrected chi connectivity index (χ0v) is 20.6. The number of aryl methyl sites for hydroxylation is 1. The molecular weight excluding hydrogens is 456 g/mol. The Morgan fingerprint density at radius 1 is 1.03 bits per heavy atom. The molecule has 3 aromatic carbocycles. The first-order valence-electron chi connectivity index (χ1n) is 10.5. The van der Waals surface area contributed by atoms with Crippen LogP contribution in [0.15, 0.2) is 82.6 Å². The van der Waals surface area contributed by atoms with Gasteiger partial charge in [-0.2, -0.15) is 4.31 Å². The SMILES string of the molecule is COc1ccc(S(=O)(=O)N(CCc2ccccc2)CC(=O)Nc2ccccc2SC)cc1C. The summed E-state index contributed by atoms with van der Waals surface area (Å²) >= 11 is 1.51. The predicted octanol–water partition coefficient (Wildman–Crippen LogP) is 4.60. The Hall–Kier alpha value is -2.81. The van der Waals surface area contributed by atoms with Crippen LogP contribution < -0.4 is 10.1 Å². The predicted molar refractivity (Wildman–Crippen MR) is 133 cm³/mol. The van der Waals surface area contributed by atoms with Gasteiger partial charge in [-0.25, -0.2) is 8.42 Å². The molecule has 0 fully saturated rings. The lowest BCUT2D eigenvalue weighted by Gasteiger charge is -2.23. The quantitative estimate of drug-likeness (QED) is 0.426. The van der Waals surface area contributed by atoms with Crippen LogP contribution in [0.4, 0.5) is 5.69 Å². The lowest BCUT2D eigenvalue weighted by molar-refractivity contribution is -0.116. The van der Waals surface area contributed by atoms with Gasteiger partial charge >= 0.3 is 0 Å². The molecule has 0 aliphatic heterocycles. The average Bonchev–Trinajstić information content (AvgIpc) is 2.82. The van der Waals surface area contributed by atoms with E-state index in [-0.39, 0.29) is 18.0 Å². The number of nitrogens with one attached hydrogen (secondary N) is 1. The first-order valence-corrected chi connectivity index (χ1v) is 13.1. The summed E-state index contributed by atoms with van der Waals surface area (Å²) in [6.45, 7) is 1.68. The molecule has 0 unspecified atom stereocenters. The molecule has 0 atom stereocenters. The van der Waals surface area contributed by atoms with Crippen molar-refractivity contribution < 1.29 is 17.9 Å². The molecule has 0 saturated carbocycles. The number of thioether (sulfide) groups is 1. The first-order chi connectivity index (χ1) is 15.8. The van der Waals surface area contributed by atoms with E-state index in [4.69, 9.17) is 4.74 Å². The van der Waals surface area contributed by atoms with E-state index in [1.165, 1.54) is 22.1 Å². The van der Waals surface area contributed by atoms with Gasteiger partial charge in [-0.3, -0.25) is 4.79 Å². The van der Waals surface area contributed by atoms with Crippen molar-refractivity contribution in [1.82, 2.24) is 4.31 Å². The summed E-state index contributed by atoms with van der Waals surface area (Å²) in [6.07, 6.45) is 2.41. The maximum atomic E-state index is 13.5. The second-order valence-corrected chi connectivity index (χ2v) is 10.2. The summed E-state index contributed by atoms with van der Waals surface area (Å²) in [5.41, 5.74) is 2.37. The van der Waals surface area contributed by atoms with E-state index in [1.807, 2.05) is 54.8 Å². The number of anilines is 1. The van der Waals surface area contributed by atoms with Gasteiger partial charge in [0.05, 0.1) is 24.2 Å². The summed E-state index contributed by atoms with van der Waals surface area (Å²) in [5.74, 6) is 0.217. The van der Waals surface area contributed by atoms with Gasteiger partial charge in [-0.15, -0.1) is 11.8 Å². The first kappa shape index (κ1) is 24.8. The number of rotatable bonds is 10. The minimum atomic E-state index is -3.91. The lowest BCUT2D eigenvalue weighted by atomic mass is 10.1. The summed E-state index contributed by atoms with van der Waals surface area (Å²) in [5, 5.41) is 2.86. The fraction of sp³-hybridized carbons (Fsp3) is 0.240. The molecule has 8 heteroatoms. The van der Waals surface area contributed by atoms with Gasteiger partial charge in [0.2, 0.25) is 15.9 Å². The number of methoxy groups -OCH3 is 1. The number of para-hydroxylation sites is 1. The molecule has 0 aromatic heterocycles. The van der Waals surface area contributed by atoms with Gasteiger partial charge in [0.1, 0.15) is 5.75 Å². The van der Waals surface area contributed by atoms with Crippen LogP contribution in [0.2, 0.25) is 0 Å². The fourth-order valence-electron chi connectivity index (χ4n) is 3.44. The second-order valence-electron chi connectivity index (χ2n) is 7.45. The third-order valence-electron chi connectivity index (χ3n) is 5.20. The Labute approximate surface area is 200 Å². The van der Waals surface area contributed by atoms with Gasteiger partial charge in [-0.05, 0) is 61.1 Å². The van der Waals surface area contributed by atoms with E-state index in [0.29, 0.717) is 23.4 Å². The van der Waals surface area contributed by atoms with Gasteiger partial charge in [-0.1, -0.05) is 42.5 Å². The Morgan fingerprint density at radius 3 is 2.39 bits per heavy atom. The van der Waals surface area contributed by atoms with E-state index >= 15 is 0 Å². The smallest absolute Gasteiger partial charge is 0.243 e. The van der Waals surface area contributed by atoms with Crippen LogP contribution in [0.3, 0.4) is 0 Å². The second kappa shape index (κ2) is 11.4. The molecular formula is C25H28N2O4S2. The largest absolute Gasteiger partial charge is 0.496 e. The number of hydrogen-bond donors (Lipinski definition) is 1. The standard InChI is InChI=1S/C25H28N2O4S2/c1-19-17-21(13-14-23(19)31-2)33(29,30)27(16-15-20-9-5-4-6-10-20)18-25(28)26-22-11-7-8-12-24(22)32-3/h4-14,17H,15-16,18H2,1-3H3,(H,26,28). The molecule has 0 spiro atoms. The van der Waals surface area contributed by atoms with Gasteiger partial charge in [0, 0.05) is 11.4 Å². The maximum Gasteiger partial charge on any atom is 0.243 e. The van der Waals surface area contributed by atoms with Crippen LogP contribution in [-0.4, -0.2) is 45.1 Å². The molecule has 0 aliphatic rings. The number of sulfonamides is 1. The monoisotopic (exact) mass is 484 g/mol. The van der Waals surface area contributed by atoms with Crippen LogP contribution >= 0.6 is 11.8 Å². The fourth-order valence-corrected chi connectivity index (χ4v) is 5.48. The average molecular weight is 485 g/mol. The van der Waals surface area contributed by atoms with Crippen LogP contribution in [0.1, 0.15) is 11.1 Å². The zero-order chi connectivity index (χ0) is 23.8. The van der Waals surface area contributed by atoms with E-state index in [1.54, 1.807) is 32.2 Å². The molecule has 0 bridgehead atoms. The zero-order valence-electron chi connectivity index (χ0n) is 18.9. The maximum absolute atomic E-state index is 13.5. The van der Waals surface area contributed by atoms with Gasteiger partial charge in [0.25, 0.3) is 0 Å². The van der Waals surface area contributed by atoms with Crippen molar-refractivity contribution in [2.24, 2.45) is 0 Å². The van der Waals surface area contributed by atoms with Crippen LogP contribution in [0, 0.1) is 6.92 Å². The number of hydrogen-bond acceptors (Lipinski definition) is 5. The topological polar surface area (TPSA) is 75.7 Å². The molecule has 0 saturated heterocycles. The molecule has 1 amide bonds. The Kier molecular flexibility index (Phi) is 8.55. The minimum Gasteiger partial charge on any atom is -0.496 e. The lowest BCUT2D eigenvalue weighted by Crippen LogP contribution is -2.39. The number of carbonyl (C=O) groups is 1. The molecule has 0 heterocycles. The highest BCUT2D eigenvalue weighted by Gasteiger charge is 2.27. The highest BCUT2D eigenvalue weighted by molar-refractivity contribution is 7.98. The van der Waals surface area contributed by atoms with Crippen LogP contribution in [0.5, 0.6) is 5.75 Å². The highest BCUT2D eigenvalue weighted by atomic mass is 32.2. The van der Waals surface area contributed by atoms with Crippen molar-refractivity contribution in [2.45, 2.75) is 23.1 Å². The summed E-state index contributed by atoms with van der Waals surface area (Å²) in [7, 11) is -2.37. The number of nitrogens with zero attached hydrogens (tertiary/aromatic N) is 1. The van der Waals surface area contributed by atoms with E-state index in [9.17, 15) is 13.2 Å². The molecule has 0 aliphatic carbocycles. The number of ether oxygens (including phenoxy) is 1. The summed E-state index contributed by atoms with van der Waals surface area (Å²) < 4.78 is 33.5. The van der Waals surface area contributed by atoms with E-state index in [0.717, 1.165) is 10.5 Å². The molecule has 33 heavy (non-hydrogen) atoms. The third-order valence-corrected chi connectivity index (χ3v) is 7.83. The number of benzene rings is 3. The van der Waals surface area contributed by atoms with E-state index in [2.05, 4.69) is 5.32 Å². The third kappa shape index (κ3) is 6.37. The Bertz CT molecular complexity index is 1200. The van der Waals surface area contributed by atoms with Crippen molar-refractivity contribution in [3.05, 3.63) is 83.9 Å². The Balaban J connectivity index is 1.86. The van der Waals surface area contributed by atoms with Crippen molar-refractivity contribution in [3.8, 4) is 5.75 Å². The molecule has 3 aromatic rings. The summed E-state index contributed by atoms with van der Waals surface area (Å²) in [4.78, 5) is 13.9. The normalized spacial score (nSPS) is 11.4. The van der Waals surface area contributed by atoms with Crippen LogP contribution in [-0.2, 0) is 21.2 Å². The number of amides is 1. The molecule has 6 nitrogen and oxygen atoms in total. The molecule has 0 radical (unpaired) electrons. The van der Waals surface area contributed by atoms with Crippen LogP contribution in [0.25, 0.3) is 0 Å². The summed E-state index contributed by atoms with van der Waals surface area (Å²) in [6, 6.07) is 21.8. The minimum absolute atomic E-state index is 0.131. The molecule has 1 N–H and O–H groups in total. The number of carbonyl (C=O) groups excluding carboxylic acids is 1. The van der Waals surface area contributed by atoms with Crippen molar-refractivity contribution in [2.75, 3.05) is 31.8 Å². The van der Waals surface area contributed by atoms with Gasteiger partial charge < -0.3 is 10.1 Å². The molecule has 174 valence electrons. The van der Waals surface area contributed by atoms with Crippen molar-refractivity contribution in [1.29, 1.82) is 0 Å². The van der Waals surface area contributed by atoms with Crippen molar-refractivity contribution in [3.63, 3.8) is 0 Å². The highest BCUT2D eigenvalue weighted by Crippen LogP contribution is 2.26. The Morgan fingerprint density at radius 2 is 1.73 bits per heavy atom. The van der Waals surface area contributed by atoms with Gasteiger partial charge in [0.15, 0.2) is 0 Å². The van der Waals surface area contributed by atoms with Crippen molar-refractivity contribution >= 4 is 33.4 Å².